The van der Waals surface area contributed by atoms with Gasteiger partial charge in [-0.25, -0.2) is 4.79 Å². The highest BCUT2D eigenvalue weighted by atomic mass is 35.5. The predicted molar refractivity (Wildman–Crippen MR) is 61.4 cm³/mol. The van der Waals surface area contributed by atoms with Gasteiger partial charge in [0.2, 0.25) is 0 Å². The van der Waals surface area contributed by atoms with E-state index < -0.39 is 21.9 Å². The highest BCUT2D eigenvalue weighted by molar-refractivity contribution is 6.54. The maximum absolute atomic E-state index is 11.4. The minimum absolute atomic E-state index is 0.500. The van der Waals surface area contributed by atoms with Gasteiger partial charge in [0.25, 0.3) is 5.91 Å². The third-order valence-corrected chi connectivity index (χ3v) is 2.42. The van der Waals surface area contributed by atoms with E-state index in [1.54, 1.807) is 30.3 Å². The van der Waals surface area contributed by atoms with Crippen molar-refractivity contribution in [3.63, 3.8) is 0 Å². The van der Waals surface area contributed by atoms with Crippen molar-refractivity contribution in [2.75, 3.05) is 5.32 Å². The maximum Gasteiger partial charge on any atom is 0.349 e. The number of halogens is 2. The molecule has 0 radical (unpaired) electrons. The van der Waals surface area contributed by atoms with E-state index in [4.69, 9.17) is 28.3 Å². The first-order chi connectivity index (χ1) is 7.52. The molecule has 0 fully saturated rings. The molecule has 0 saturated carbocycles. The molecule has 0 atom stereocenters. The topological polar surface area (TPSA) is 66.4 Å². The van der Waals surface area contributed by atoms with Gasteiger partial charge >= 0.3 is 5.97 Å². The van der Waals surface area contributed by atoms with Crippen LogP contribution in [-0.4, -0.2) is 17.0 Å². The Morgan fingerprint density at radius 1 is 1.06 bits per heavy atom. The van der Waals surface area contributed by atoms with Gasteiger partial charge in [-0.05, 0) is 12.1 Å². The van der Waals surface area contributed by atoms with Crippen LogP contribution in [0.25, 0.3) is 0 Å². The van der Waals surface area contributed by atoms with Gasteiger partial charge in [0.1, 0.15) is 10.1 Å². The molecular formula is C10H7Cl2NO3. The molecule has 84 valence electrons. The van der Waals surface area contributed by atoms with Crippen LogP contribution < -0.4 is 5.32 Å². The molecule has 0 bridgehead atoms. The number of carboxylic acids is 1. The lowest BCUT2D eigenvalue weighted by Crippen LogP contribution is -2.14. The Kier molecular flexibility index (Phi) is 4.34. The minimum Gasteiger partial charge on any atom is -0.477 e. The van der Waals surface area contributed by atoms with Crippen LogP contribution in [0.5, 0.6) is 0 Å². The smallest absolute Gasteiger partial charge is 0.349 e. The Labute approximate surface area is 101 Å². The monoisotopic (exact) mass is 259 g/mol. The molecule has 6 heteroatoms. The number of carbonyl (C=O) groups excluding carboxylic acids is 1. The molecule has 0 aromatic heterocycles. The van der Waals surface area contributed by atoms with Crippen LogP contribution in [0.1, 0.15) is 0 Å². The molecule has 0 heterocycles. The zero-order chi connectivity index (χ0) is 12.1. The van der Waals surface area contributed by atoms with Crippen molar-refractivity contribution >= 4 is 40.8 Å². The predicted octanol–water partition coefficient (Wildman–Crippen LogP) is 2.40. The number of anilines is 1. The lowest BCUT2D eigenvalue weighted by molar-refractivity contribution is -0.132. The zero-order valence-corrected chi connectivity index (χ0v) is 9.42. The Hall–Kier alpha value is -1.52. The van der Waals surface area contributed by atoms with Crippen LogP contribution in [-0.2, 0) is 9.59 Å². The first-order valence-electron chi connectivity index (χ1n) is 4.17. The van der Waals surface area contributed by atoms with Crippen LogP contribution in [0.3, 0.4) is 0 Å². The normalized spacial score (nSPS) is 11.6. The van der Waals surface area contributed by atoms with E-state index in [1.807, 2.05) is 0 Å². The van der Waals surface area contributed by atoms with Gasteiger partial charge in [0, 0.05) is 5.69 Å². The lowest BCUT2D eigenvalue weighted by Gasteiger charge is -2.03. The van der Waals surface area contributed by atoms with Gasteiger partial charge in [-0.2, -0.15) is 0 Å². The number of aliphatic carboxylic acids is 1. The second kappa shape index (κ2) is 5.53. The summed E-state index contributed by atoms with van der Waals surface area (Å²) >= 11 is 10.8. The van der Waals surface area contributed by atoms with E-state index in [9.17, 15) is 9.59 Å². The number of nitrogens with one attached hydrogen (secondary N) is 1. The molecule has 0 aliphatic heterocycles. The van der Waals surface area contributed by atoms with E-state index in [-0.39, 0.29) is 0 Å². The minimum atomic E-state index is -1.45. The average Bonchev–Trinajstić information content (AvgIpc) is 2.28. The first kappa shape index (κ1) is 12.5. The molecule has 0 aliphatic rings. The molecule has 2 N–H and O–H groups in total. The summed E-state index contributed by atoms with van der Waals surface area (Å²) in [5.41, 5.74) is 0.500. The quantitative estimate of drug-likeness (QED) is 0.820. The summed E-state index contributed by atoms with van der Waals surface area (Å²) in [4.78, 5) is 21.9. The van der Waals surface area contributed by atoms with Crippen molar-refractivity contribution in [2.45, 2.75) is 0 Å². The summed E-state index contributed by atoms with van der Waals surface area (Å²) < 4.78 is 0. The van der Waals surface area contributed by atoms with E-state index >= 15 is 0 Å². The molecule has 1 amide bonds. The molecule has 1 aromatic rings. The lowest BCUT2D eigenvalue weighted by atomic mass is 10.3. The molecule has 0 saturated heterocycles. The summed E-state index contributed by atoms with van der Waals surface area (Å²) in [6, 6.07) is 8.48. The summed E-state index contributed by atoms with van der Waals surface area (Å²) in [6.45, 7) is 0. The summed E-state index contributed by atoms with van der Waals surface area (Å²) in [6.07, 6.45) is 0. The van der Waals surface area contributed by atoms with E-state index in [0.29, 0.717) is 5.69 Å². The number of amides is 1. The molecule has 0 unspecified atom stereocenters. The van der Waals surface area contributed by atoms with Gasteiger partial charge < -0.3 is 10.4 Å². The SMILES string of the molecule is O=C(O)/C(Cl)=C(\Cl)C(=O)Nc1ccccc1. The molecule has 1 aromatic carbocycles. The molecule has 1 rings (SSSR count). The number of carboxylic acid groups (broad SMARTS) is 1. The third-order valence-electron chi connectivity index (χ3n) is 1.61. The van der Waals surface area contributed by atoms with Gasteiger partial charge in [-0.3, -0.25) is 4.79 Å². The van der Waals surface area contributed by atoms with Crippen molar-refractivity contribution in [3.05, 3.63) is 40.4 Å². The zero-order valence-electron chi connectivity index (χ0n) is 7.91. The van der Waals surface area contributed by atoms with Gasteiger partial charge in [0.05, 0.1) is 0 Å². The third kappa shape index (κ3) is 3.25. The second-order valence-electron chi connectivity index (χ2n) is 2.75. The number of carbonyl (C=O) groups is 2. The number of rotatable bonds is 3. The van der Waals surface area contributed by atoms with Gasteiger partial charge in [0.15, 0.2) is 0 Å². The largest absolute Gasteiger partial charge is 0.477 e. The number of para-hydroxylation sites is 1. The van der Waals surface area contributed by atoms with Crippen molar-refractivity contribution in [3.8, 4) is 0 Å². The fourth-order valence-electron chi connectivity index (χ4n) is 0.901. The van der Waals surface area contributed by atoms with Crippen molar-refractivity contribution in [1.29, 1.82) is 0 Å². The number of hydrogen-bond acceptors (Lipinski definition) is 2. The van der Waals surface area contributed by atoms with E-state index in [2.05, 4.69) is 5.32 Å². The molecular weight excluding hydrogens is 253 g/mol. The first-order valence-corrected chi connectivity index (χ1v) is 4.93. The fraction of sp³-hybridized carbons (Fsp3) is 0. The number of hydrogen-bond donors (Lipinski definition) is 2. The highest BCUT2D eigenvalue weighted by Crippen LogP contribution is 2.16. The Balaban J connectivity index is 2.82. The van der Waals surface area contributed by atoms with Crippen LogP contribution in [0.2, 0.25) is 0 Å². The van der Waals surface area contributed by atoms with Crippen molar-refractivity contribution in [1.82, 2.24) is 0 Å². The Morgan fingerprint density at radius 2 is 1.62 bits per heavy atom. The fourth-order valence-corrected chi connectivity index (χ4v) is 1.11. The van der Waals surface area contributed by atoms with Crippen molar-refractivity contribution in [2.24, 2.45) is 0 Å². The molecule has 16 heavy (non-hydrogen) atoms. The maximum atomic E-state index is 11.4. The summed E-state index contributed by atoms with van der Waals surface area (Å²) in [7, 11) is 0. The van der Waals surface area contributed by atoms with Crippen LogP contribution in [0.15, 0.2) is 40.4 Å². The Bertz CT molecular complexity index is 443. The average molecular weight is 260 g/mol. The molecule has 0 aliphatic carbocycles. The second-order valence-corrected chi connectivity index (χ2v) is 3.51. The molecule has 4 nitrogen and oxygen atoms in total. The Morgan fingerprint density at radius 3 is 2.12 bits per heavy atom. The standard InChI is InChI=1S/C10H7Cl2NO3/c11-7(8(12)10(15)16)9(14)13-6-4-2-1-3-5-6/h1-5H,(H,13,14)(H,15,16)/b8-7+. The highest BCUT2D eigenvalue weighted by Gasteiger charge is 2.16. The van der Waals surface area contributed by atoms with Crippen LogP contribution in [0, 0.1) is 0 Å². The summed E-state index contributed by atoms with van der Waals surface area (Å²) in [5, 5.41) is 9.64. The van der Waals surface area contributed by atoms with Crippen LogP contribution in [0.4, 0.5) is 5.69 Å². The van der Waals surface area contributed by atoms with Gasteiger partial charge in [-0.15, -0.1) is 0 Å². The van der Waals surface area contributed by atoms with E-state index in [1.165, 1.54) is 0 Å². The summed E-state index contributed by atoms with van der Waals surface area (Å²) in [5.74, 6) is -2.21. The van der Waals surface area contributed by atoms with Gasteiger partial charge in [-0.1, -0.05) is 41.4 Å². The van der Waals surface area contributed by atoms with Crippen molar-refractivity contribution < 1.29 is 14.7 Å². The number of benzene rings is 1. The molecule has 0 spiro atoms. The van der Waals surface area contributed by atoms with E-state index in [0.717, 1.165) is 0 Å². The van der Waals surface area contributed by atoms with Crippen LogP contribution >= 0.6 is 23.2 Å².